The number of aromatic nitrogens is 1. The quantitative estimate of drug-likeness (QED) is 0.598. The van der Waals surface area contributed by atoms with Gasteiger partial charge in [-0.15, -0.1) is 11.8 Å². The van der Waals surface area contributed by atoms with Gasteiger partial charge >= 0.3 is 5.97 Å². The number of nitrogens with one attached hydrogen (secondary N) is 1. The standard InChI is InChI=1S/C12H18N2O2S/c1-3-8-13-10-5-4-6-11(14-10)17-9-7-12(15)16-2/h4-6H,3,7-9H2,1-2H3,(H,13,14). The summed E-state index contributed by atoms with van der Waals surface area (Å²) in [6.07, 6.45) is 1.48. The van der Waals surface area contributed by atoms with Gasteiger partial charge in [0, 0.05) is 12.3 Å². The van der Waals surface area contributed by atoms with Gasteiger partial charge in [-0.3, -0.25) is 4.79 Å². The van der Waals surface area contributed by atoms with Crippen LogP contribution >= 0.6 is 11.8 Å². The molecule has 0 saturated heterocycles. The molecule has 0 unspecified atom stereocenters. The van der Waals surface area contributed by atoms with Crippen LogP contribution in [0, 0.1) is 0 Å². The summed E-state index contributed by atoms with van der Waals surface area (Å²) in [6, 6.07) is 5.85. The first-order valence-electron chi connectivity index (χ1n) is 5.66. The van der Waals surface area contributed by atoms with E-state index in [1.807, 2.05) is 18.2 Å². The SMILES string of the molecule is CCCNc1cccc(SCCC(=O)OC)n1. The molecule has 1 N–H and O–H groups in total. The van der Waals surface area contributed by atoms with E-state index in [4.69, 9.17) is 0 Å². The number of esters is 1. The Morgan fingerprint density at radius 1 is 1.53 bits per heavy atom. The molecule has 0 aliphatic rings. The lowest BCUT2D eigenvalue weighted by atomic mass is 10.4. The van der Waals surface area contributed by atoms with Crippen LogP contribution in [0.4, 0.5) is 5.82 Å². The predicted molar refractivity (Wildman–Crippen MR) is 70.4 cm³/mol. The minimum absolute atomic E-state index is 0.183. The highest BCUT2D eigenvalue weighted by Gasteiger charge is 2.02. The van der Waals surface area contributed by atoms with Crippen molar-refractivity contribution in [2.45, 2.75) is 24.8 Å². The monoisotopic (exact) mass is 254 g/mol. The third-order valence-electron chi connectivity index (χ3n) is 2.06. The first-order chi connectivity index (χ1) is 8.26. The van der Waals surface area contributed by atoms with Gasteiger partial charge in [-0.25, -0.2) is 4.98 Å². The number of hydrogen-bond donors (Lipinski definition) is 1. The maximum Gasteiger partial charge on any atom is 0.306 e. The molecule has 1 aromatic heterocycles. The molecule has 0 aliphatic carbocycles. The lowest BCUT2D eigenvalue weighted by Gasteiger charge is -2.05. The molecule has 0 aliphatic heterocycles. The van der Waals surface area contributed by atoms with Crippen LogP contribution in [-0.2, 0) is 9.53 Å². The van der Waals surface area contributed by atoms with Crippen molar-refractivity contribution in [1.29, 1.82) is 0 Å². The van der Waals surface area contributed by atoms with E-state index in [2.05, 4.69) is 22.0 Å². The molecule has 0 saturated carbocycles. The van der Waals surface area contributed by atoms with Crippen molar-refractivity contribution in [1.82, 2.24) is 4.98 Å². The van der Waals surface area contributed by atoms with Gasteiger partial charge in [-0.1, -0.05) is 13.0 Å². The molecule has 1 rings (SSSR count). The van der Waals surface area contributed by atoms with Gasteiger partial charge in [0.15, 0.2) is 0 Å². The van der Waals surface area contributed by atoms with Gasteiger partial charge in [0.05, 0.1) is 18.6 Å². The number of rotatable bonds is 7. The first-order valence-corrected chi connectivity index (χ1v) is 6.65. The van der Waals surface area contributed by atoms with Gasteiger partial charge in [-0.2, -0.15) is 0 Å². The lowest BCUT2D eigenvalue weighted by Crippen LogP contribution is -2.03. The zero-order chi connectivity index (χ0) is 12.5. The van der Waals surface area contributed by atoms with Crippen LogP contribution in [0.5, 0.6) is 0 Å². The normalized spacial score (nSPS) is 10.0. The number of anilines is 1. The molecule has 0 amide bonds. The van der Waals surface area contributed by atoms with Crippen molar-refractivity contribution in [3.63, 3.8) is 0 Å². The summed E-state index contributed by atoms with van der Waals surface area (Å²) in [5.74, 6) is 1.39. The third kappa shape index (κ3) is 5.58. The second-order valence-electron chi connectivity index (χ2n) is 3.46. The average molecular weight is 254 g/mol. The average Bonchev–Trinajstić information content (AvgIpc) is 2.36. The van der Waals surface area contributed by atoms with E-state index in [1.54, 1.807) is 11.8 Å². The molecule has 5 heteroatoms. The van der Waals surface area contributed by atoms with Gasteiger partial charge < -0.3 is 10.1 Å². The van der Waals surface area contributed by atoms with Crippen LogP contribution < -0.4 is 5.32 Å². The Morgan fingerprint density at radius 3 is 3.06 bits per heavy atom. The molecule has 94 valence electrons. The number of methoxy groups -OCH3 is 1. The summed E-state index contributed by atoms with van der Waals surface area (Å²) in [7, 11) is 1.40. The van der Waals surface area contributed by atoms with Gasteiger partial charge in [0.2, 0.25) is 0 Å². The summed E-state index contributed by atoms with van der Waals surface area (Å²) in [5, 5.41) is 4.15. The number of thioether (sulfide) groups is 1. The number of ether oxygens (including phenoxy) is 1. The summed E-state index contributed by atoms with van der Waals surface area (Å²) in [4.78, 5) is 15.4. The van der Waals surface area contributed by atoms with E-state index in [0.717, 1.165) is 23.8 Å². The molecule has 1 heterocycles. The molecule has 1 aromatic rings. The number of nitrogens with zero attached hydrogens (tertiary/aromatic N) is 1. The van der Waals surface area contributed by atoms with Crippen LogP contribution in [-0.4, -0.2) is 30.4 Å². The minimum Gasteiger partial charge on any atom is -0.469 e. The van der Waals surface area contributed by atoms with Crippen LogP contribution in [0.25, 0.3) is 0 Å². The molecule has 0 spiro atoms. The Morgan fingerprint density at radius 2 is 2.35 bits per heavy atom. The highest BCUT2D eigenvalue weighted by molar-refractivity contribution is 7.99. The molecular weight excluding hydrogens is 236 g/mol. The molecule has 17 heavy (non-hydrogen) atoms. The van der Waals surface area contributed by atoms with Crippen molar-refractivity contribution in [2.75, 3.05) is 24.7 Å². The Kier molecular flexibility index (Phi) is 6.47. The highest BCUT2D eigenvalue weighted by Crippen LogP contribution is 2.18. The molecule has 0 atom stereocenters. The topological polar surface area (TPSA) is 51.2 Å². The Labute approximate surface area is 106 Å². The maximum absolute atomic E-state index is 10.9. The second kappa shape index (κ2) is 7.95. The summed E-state index contributed by atoms with van der Waals surface area (Å²) < 4.78 is 4.58. The molecule has 0 radical (unpaired) electrons. The summed E-state index contributed by atoms with van der Waals surface area (Å²) >= 11 is 1.56. The summed E-state index contributed by atoms with van der Waals surface area (Å²) in [5.41, 5.74) is 0. The van der Waals surface area contributed by atoms with Gasteiger partial charge in [-0.05, 0) is 18.6 Å². The smallest absolute Gasteiger partial charge is 0.306 e. The minimum atomic E-state index is -0.183. The largest absolute Gasteiger partial charge is 0.469 e. The van der Waals surface area contributed by atoms with E-state index in [9.17, 15) is 4.79 Å². The zero-order valence-electron chi connectivity index (χ0n) is 10.2. The van der Waals surface area contributed by atoms with Crippen LogP contribution in [0.3, 0.4) is 0 Å². The van der Waals surface area contributed by atoms with Crippen LogP contribution in [0.2, 0.25) is 0 Å². The second-order valence-corrected chi connectivity index (χ2v) is 4.58. The first kappa shape index (κ1) is 13.8. The molecule has 0 bridgehead atoms. The maximum atomic E-state index is 10.9. The Balaban J connectivity index is 2.40. The Bertz CT molecular complexity index is 358. The van der Waals surface area contributed by atoms with Gasteiger partial charge in [0.25, 0.3) is 0 Å². The van der Waals surface area contributed by atoms with Crippen LogP contribution in [0.1, 0.15) is 19.8 Å². The van der Waals surface area contributed by atoms with Gasteiger partial charge in [0.1, 0.15) is 5.82 Å². The van der Waals surface area contributed by atoms with Crippen LogP contribution in [0.15, 0.2) is 23.2 Å². The molecule has 0 aromatic carbocycles. The van der Waals surface area contributed by atoms with E-state index in [0.29, 0.717) is 12.2 Å². The van der Waals surface area contributed by atoms with Crippen molar-refractivity contribution in [3.8, 4) is 0 Å². The molecule has 4 nitrogen and oxygen atoms in total. The number of pyridine rings is 1. The van der Waals surface area contributed by atoms with E-state index in [1.165, 1.54) is 7.11 Å². The van der Waals surface area contributed by atoms with E-state index in [-0.39, 0.29) is 5.97 Å². The van der Waals surface area contributed by atoms with Crippen molar-refractivity contribution >= 4 is 23.5 Å². The van der Waals surface area contributed by atoms with E-state index >= 15 is 0 Å². The number of carbonyl (C=O) groups excluding carboxylic acids is 1. The fourth-order valence-electron chi connectivity index (χ4n) is 1.19. The number of hydrogen-bond acceptors (Lipinski definition) is 5. The lowest BCUT2D eigenvalue weighted by molar-refractivity contribution is -0.140. The fourth-order valence-corrected chi connectivity index (χ4v) is 2.00. The zero-order valence-corrected chi connectivity index (χ0v) is 11.0. The fraction of sp³-hybridized carbons (Fsp3) is 0.500. The Hall–Kier alpha value is -1.23. The van der Waals surface area contributed by atoms with Crippen molar-refractivity contribution in [2.24, 2.45) is 0 Å². The predicted octanol–water partition coefficient (Wildman–Crippen LogP) is 2.56. The molecular formula is C12H18N2O2S. The highest BCUT2D eigenvalue weighted by atomic mass is 32.2. The molecule has 0 fully saturated rings. The van der Waals surface area contributed by atoms with E-state index < -0.39 is 0 Å². The van der Waals surface area contributed by atoms with Crippen molar-refractivity contribution < 1.29 is 9.53 Å². The number of carbonyl (C=O) groups is 1. The third-order valence-corrected chi connectivity index (χ3v) is 2.99. The van der Waals surface area contributed by atoms with Crippen molar-refractivity contribution in [3.05, 3.63) is 18.2 Å². The summed E-state index contributed by atoms with van der Waals surface area (Å²) in [6.45, 7) is 3.03.